The summed E-state index contributed by atoms with van der Waals surface area (Å²) < 4.78 is 0. The summed E-state index contributed by atoms with van der Waals surface area (Å²) in [5, 5.41) is 17.6. The molecule has 0 aromatic carbocycles. The fraction of sp³-hybridized carbons (Fsp3) is 0.778. The highest BCUT2D eigenvalue weighted by Crippen LogP contribution is 2.33. The first kappa shape index (κ1) is 10.0. The minimum atomic E-state index is -0.973. The zero-order valence-corrected chi connectivity index (χ0v) is 7.56. The van der Waals surface area contributed by atoms with Gasteiger partial charge in [0.05, 0.1) is 11.8 Å². The first-order valence-corrected chi connectivity index (χ1v) is 4.48. The highest BCUT2D eigenvalue weighted by molar-refractivity contribution is 5.80. The third-order valence-electron chi connectivity index (χ3n) is 2.75. The lowest BCUT2D eigenvalue weighted by molar-refractivity contribution is -0.156. The van der Waals surface area contributed by atoms with Gasteiger partial charge < -0.3 is 10.2 Å². The molecule has 0 saturated heterocycles. The van der Waals surface area contributed by atoms with Gasteiger partial charge in [-0.15, -0.1) is 0 Å². The molecule has 1 saturated carbocycles. The molecule has 1 aliphatic carbocycles. The average Bonchev–Trinajstić information content (AvgIpc) is 2.03. The van der Waals surface area contributed by atoms with Gasteiger partial charge in [0.1, 0.15) is 0 Å². The lowest BCUT2D eigenvalue weighted by Crippen LogP contribution is -2.34. The van der Waals surface area contributed by atoms with E-state index in [0.29, 0.717) is 18.8 Å². The van der Waals surface area contributed by atoms with Gasteiger partial charge in [-0.2, -0.15) is 0 Å². The third kappa shape index (κ3) is 2.20. The molecule has 2 N–H and O–H groups in total. The zero-order chi connectivity index (χ0) is 10.0. The van der Waals surface area contributed by atoms with Crippen LogP contribution in [0.3, 0.4) is 0 Å². The smallest absolute Gasteiger partial charge is 0.307 e. The molecule has 0 amide bonds. The SMILES string of the molecule is CC1CC[C@@H](C(=O)O)[C@@H](C(=O)O)C1. The minimum Gasteiger partial charge on any atom is -0.481 e. The van der Waals surface area contributed by atoms with Gasteiger partial charge in [0.15, 0.2) is 0 Å². The predicted octanol–water partition coefficient (Wildman–Crippen LogP) is 1.21. The van der Waals surface area contributed by atoms with Crippen molar-refractivity contribution in [3.8, 4) is 0 Å². The summed E-state index contributed by atoms with van der Waals surface area (Å²) in [6.07, 6.45) is 1.81. The van der Waals surface area contributed by atoms with E-state index in [1.165, 1.54) is 0 Å². The molecule has 0 aliphatic heterocycles. The second kappa shape index (κ2) is 3.77. The van der Waals surface area contributed by atoms with Crippen molar-refractivity contribution in [3.05, 3.63) is 0 Å². The molecule has 1 rings (SSSR count). The van der Waals surface area contributed by atoms with Crippen LogP contribution in [0.4, 0.5) is 0 Å². The van der Waals surface area contributed by atoms with Gasteiger partial charge in [-0.25, -0.2) is 0 Å². The summed E-state index contributed by atoms with van der Waals surface area (Å²) in [4.78, 5) is 21.5. The maximum absolute atomic E-state index is 10.8. The van der Waals surface area contributed by atoms with Crippen molar-refractivity contribution >= 4 is 11.9 Å². The molecule has 0 aromatic heterocycles. The topological polar surface area (TPSA) is 74.6 Å². The number of rotatable bonds is 2. The fourth-order valence-electron chi connectivity index (χ4n) is 1.95. The number of carbonyl (C=O) groups is 2. The Hall–Kier alpha value is -1.06. The summed E-state index contributed by atoms with van der Waals surface area (Å²) in [6, 6.07) is 0. The van der Waals surface area contributed by atoms with Crippen LogP contribution in [0.2, 0.25) is 0 Å². The largest absolute Gasteiger partial charge is 0.481 e. The van der Waals surface area contributed by atoms with Crippen LogP contribution in [0.15, 0.2) is 0 Å². The van der Waals surface area contributed by atoms with E-state index in [1.807, 2.05) is 6.92 Å². The molecule has 0 radical (unpaired) electrons. The fourth-order valence-corrected chi connectivity index (χ4v) is 1.95. The van der Waals surface area contributed by atoms with Crippen molar-refractivity contribution in [1.82, 2.24) is 0 Å². The molecule has 0 bridgehead atoms. The van der Waals surface area contributed by atoms with E-state index < -0.39 is 23.8 Å². The Kier molecular flexibility index (Phi) is 2.90. The number of hydrogen-bond acceptors (Lipinski definition) is 2. The highest BCUT2D eigenvalue weighted by Gasteiger charge is 2.37. The molecular formula is C9H14O4. The lowest BCUT2D eigenvalue weighted by atomic mass is 9.75. The Balaban J connectivity index is 2.72. The van der Waals surface area contributed by atoms with Crippen molar-refractivity contribution < 1.29 is 19.8 Å². The monoisotopic (exact) mass is 186 g/mol. The van der Waals surface area contributed by atoms with Crippen molar-refractivity contribution in [1.29, 1.82) is 0 Å². The Bertz CT molecular complexity index is 224. The normalized spacial score (nSPS) is 34.1. The molecule has 1 aliphatic rings. The van der Waals surface area contributed by atoms with Gasteiger partial charge in [0.25, 0.3) is 0 Å². The Morgan fingerprint density at radius 3 is 2.08 bits per heavy atom. The van der Waals surface area contributed by atoms with E-state index in [9.17, 15) is 9.59 Å². The van der Waals surface area contributed by atoms with E-state index in [0.717, 1.165) is 6.42 Å². The molecule has 0 aromatic rings. The van der Waals surface area contributed by atoms with Crippen LogP contribution in [0.5, 0.6) is 0 Å². The van der Waals surface area contributed by atoms with E-state index in [-0.39, 0.29) is 0 Å². The third-order valence-corrected chi connectivity index (χ3v) is 2.75. The zero-order valence-electron chi connectivity index (χ0n) is 7.56. The summed E-state index contributed by atoms with van der Waals surface area (Å²) in [5.74, 6) is -3.00. The maximum Gasteiger partial charge on any atom is 0.307 e. The molecular weight excluding hydrogens is 172 g/mol. The quantitative estimate of drug-likeness (QED) is 0.679. The summed E-state index contributed by atoms with van der Waals surface area (Å²) in [5.41, 5.74) is 0. The van der Waals surface area contributed by atoms with Crippen molar-refractivity contribution in [2.75, 3.05) is 0 Å². The molecule has 1 unspecified atom stereocenters. The number of hydrogen-bond donors (Lipinski definition) is 2. The van der Waals surface area contributed by atoms with Crippen LogP contribution in [-0.4, -0.2) is 22.2 Å². The second-order valence-electron chi connectivity index (χ2n) is 3.81. The van der Waals surface area contributed by atoms with Crippen molar-refractivity contribution in [2.24, 2.45) is 17.8 Å². The highest BCUT2D eigenvalue weighted by atomic mass is 16.4. The van der Waals surface area contributed by atoms with Crippen LogP contribution < -0.4 is 0 Å². The Morgan fingerprint density at radius 2 is 1.62 bits per heavy atom. The molecule has 3 atom stereocenters. The first-order valence-electron chi connectivity index (χ1n) is 4.48. The van der Waals surface area contributed by atoms with Crippen LogP contribution in [0.25, 0.3) is 0 Å². The summed E-state index contributed by atoms with van der Waals surface area (Å²) in [6.45, 7) is 1.97. The lowest BCUT2D eigenvalue weighted by Gasteiger charge is -2.29. The number of carboxylic acid groups (broad SMARTS) is 2. The van der Waals surface area contributed by atoms with Gasteiger partial charge in [-0.1, -0.05) is 6.92 Å². The van der Waals surface area contributed by atoms with Crippen molar-refractivity contribution in [2.45, 2.75) is 26.2 Å². The van der Waals surface area contributed by atoms with Crippen LogP contribution in [-0.2, 0) is 9.59 Å². The predicted molar refractivity (Wildman–Crippen MR) is 45.3 cm³/mol. The van der Waals surface area contributed by atoms with E-state index in [4.69, 9.17) is 10.2 Å². The number of carboxylic acids is 2. The summed E-state index contributed by atoms with van der Waals surface area (Å²) in [7, 11) is 0. The Morgan fingerprint density at radius 1 is 1.08 bits per heavy atom. The molecule has 0 spiro atoms. The van der Waals surface area contributed by atoms with Gasteiger partial charge in [-0.05, 0) is 25.2 Å². The number of aliphatic carboxylic acids is 2. The minimum absolute atomic E-state index is 0.330. The first-order chi connectivity index (χ1) is 6.02. The van der Waals surface area contributed by atoms with Gasteiger partial charge >= 0.3 is 11.9 Å². The molecule has 4 heteroatoms. The second-order valence-corrected chi connectivity index (χ2v) is 3.81. The van der Waals surface area contributed by atoms with Gasteiger partial charge in [-0.3, -0.25) is 9.59 Å². The van der Waals surface area contributed by atoms with E-state index >= 15 is 0 Å². The van der Waals surface area contributed by atoms with E-state index in [1.54, 1.807) is 0 Å². The van der Waals surface area contributed by atoms with Crippen LogP contribution in [0, 0.1) is 17.8 Å². The molecule has 13 heavy (non-hydrogen) atoms. The van der Waals surface area contributed by atoms with Crippen molar-refractivity contribution in [3.63, 3.8) is 0 Å². The standard InChI is InChI=1S/C9H14O4/c1-5-2-3-6(8(10)11)7(4-5)9(12)13/h5-7H,2-4H2,1H3,(H,10,11)(H,12,13)/t5?,6-,7+/m1/s1. The van der Waals surface area contributed by atoms with E-state index in [2.05, 4.69) is 0 Å². The molecule has 1 fully saturated rings. The Labute approximate surface area is 76.6 Å². The average molecular weight is 186 g/mol. The van der Waals surface area contributed by atoms with Crippen LogP contribution in [0.1, 0.15) is 26.2 Å². The maximum atomic E-state index is 10.8. The van der Waals surface area contributed by atoms with Crippen LogP contribution >= 0.6 is 0 Å². The molecule has 4 nitrogen and oxygen atoms in total. The summed E-state index contributed by atoms with van der Waals surface area (Å²) >= 11 is 0. The van der Waals surface area contributed by atoms with Gasteiger partial charge in [0.2, 0.25) is 0 Å². The molecule has 74 valence electrons. The van der Waals surface area contributed by atoms with Gasteiger partial charge in [0, 0.05) is 0 Å². The molecule has 0 heterocycles.